The van der Waals surface area contributed by atoms with Crippen LogP contribution in [0.5, 0.6) is 0 Å². The van der Waals surface area contributed by atoms with Crippen LogP contribution in [0, 0.1) is 20.2 Å². The van der Waals surface area contributed by atoms with Crippen molar-refractivity contribution in [3.05, 3.63) is 44.0 Å². The average Bonchev–Trinajstić information content (AvgIpc) is 2.51. The molecule has 1 aliphatic rings. The monoisotopic (exact) mass is 237 g/mol. The van der Waals surface area contributed by atoms with Gasteiger partial charge in [-0.1, -0.05) is 6.07 Å². The van der Waals surface area contributed by atoms with Crippen molar-refractivity contribution in [2.24, 2.45) is 0 Å². The fourth-order valence-electron chi connectivity index (χ4n) is 1.56. The van der Waals surface area contributed by atoms with Gasteiger partial charge in [-0.25, -0.2) is 10.1 Å². The van der Waals surface area contributed by atoms with Gasteiger partial charge in [0.1, 0.15) is 11.3 Å². The van der Waals surface area contributed by atoms with Crippen LogP contribution in [0.3, 0.4) is 0 Å². The fourth-order valence-corrected chi connectivity index (χ4v) is 1.56. The second-order valence-corrected chi connectivity index (χ2v) is 3.11. The lowest BCUT2D eigenvalue weighted by atomic mass is 10.1. The first-order valence-electron chi connectivity index (χ1n) is 4.25. The van der Waals surface area contributed by atoms with E-state index in [1.807, 2.05) is 0 Å². The molecule has 86 valence electrons. The first kappa shape index (κ1) is 10.7. The molecule has 1 aliphatic heterocycles. The van der Waals surface area contributed by atoms with E-state index in [2.05, 4.69) is 0 Å². The highest BCUT2D eigenvalue weighted by molar-refractivity contribution is 6.52. The van der Waals surface area contributed by atoms with E-state index in [9.17, 15) is 29.8 Å². The number of carbonyl (C=O) groups excluding carboxylic acids is 2. The Labute approximate surface area is 92.5 Å². The van der Waals surface area contributed by atoms with Crippen molar-refractivity contribution < 1.29 is 19.5 Å². The lowest BCUT2D eigenvalue weighted by molar-refractivity contribution is -0.482. The molecular formula is C8H3N3O6. The molecule has 0 unspecified atom stereocenters. The number of carbonyl (C=O) groups is 2. The molecule has 0 fully saturated rings. The van der Waals surface area contributed by atoms with Crippen LogP contribution in [-0.2, 0) is 4.79 Å². The molecule has 1 amide bonds. The molecule has 0 N–H and O–H groups in total. The highest BCUT2D eigenvalue weighted by atomic mass is 16.7. The van der Waals surface area contributed by atoms with Crippen LogP contribution in [0.4, 0.5) is 11.4 Å². The summed E-state index contributed by atoms with van der Waals surface area (Å²) in [6.07, 6.45) is 0. The molecule has 9 nitrogen and oxygen atoms in total. The lowest BCUT2D eigenvalue weighted by Gasteiger charge is -2.03. The molecule has 1 aromatic rings. The van der Waals surface area contributed by atoms with E-state index < -0.39 is 32.9 Å². The van der Waals surface area contributed by atoms with Crippen molar-refractivity contribution in [2.75, 3.05) is 5.01 Å². The molecule has 0 radical (unpaired) electrons. The Morgan fingerprint density at radius 2 is 1.76 bits per heavy atom. The molecule has 17 heavy (non-hydrogen) atoms. The second kappa shape index (κ2) is 3.33. The number of hydrazine groups is 1. The largest absolute Gasteiger partial charge is 0.360 e. The van der Waals surface area contributed by atoms with Crippen molar-refractivity contribution in [1.29, 1.82) is 0 Å². The average molecular weight is 237 g/mol. The molecule has 0 aromatic heterocycles. The molecule has 0 atom stereocenters. The van der Waals surface area contributed by atoms with Gasteiger partial charge in [-0.05, 0) is 11.1 Å². The molecular weight excluding hydrogens is 234 g/mol. The van der Waals surface area contributed by atoms with Crippen molar-refractivity contribution in [1.82, 2.24) is 0 Å². The molecule has 0 saturated heterocycles. The second-order valence-electron chi connectivity index (χ2n) is 3.11. The number of anilines is 1. The summed E-state index contributed by atoms with van der Waals surface area (Å²) in [5, 5.41) is 20.2. The summed E-state index contributed by atoms with van der Waals surface area (Å²) in [7, 11) is 0. The van der Waals surface area contributed by atoms with Gasteiger partial charge < -0.3 is 0 Å². The topological polar surface area (TPSA) is 124 Å². The zero-order chi connectivity index (χ0) is 12.7. The van der Waals surface area contributed by atoms with Crippen LogP contribution in [0.2, 0.25) is 0 Å². The number of nitro groups is 2. The molecule has 0 spiro atoms. The number of hydrogen-bond acceptors (Lipinski definition) is 6. The summed E-state index contributed by atoms with van der Waals surface area (Å²) < 4.78 is 0. The van der Waals surface area contributed by atoms with E-state index in [4.69, 9.17) is 0 Å². The van der Waals surface area contributed by atoms with Gasteiger partial charge in [0.2, 0.25) is 0 Å². The normalized spacial score (nSPS) is 13.8. The maximum Gasteiger partial charge on any atom is 0.360 e. The number of rotatable bonds is 2. The number of ketones is 1. The minimum atomic E-state index is -1.40. The molecule has 9 heteroatoms. The maximum atomic E-state index is 11.4. The summed E-state index contributed by atoms with van der Waals surface area (Å²) in [5.41, 5.74) is -1.54. The van der Waals surface area contributed by atoms with Gasteiger partial charge in [-0.3, -0.25) is 19.7 Å². The summed E-state index contributed by atoms with van der Waals surface area (Å²) in [5.74, 6) is -2.65. The zero-order valence-corrected chi connectivity index (χ0v) is 8.02. The van der Waals surface area contributed by atoms with E-state index in [1.165, 1.54) is 6.07 Å². The Kier molecular flexibility index (Phi) is 2.09. The van der Waals surface area contributed by atoms with Crippen LogP contribution < -0.4 is 5.01 Å². The summed E-state index contributed by atoms with van der Waals surface area (Å²) in [6.45, 7) is 0. The van der Waals surface area contributed by atoms with Crippen LogP contribution in [0.15, 0.2) is 18.2 Å². The minimum Gasteiger partial charge on any atom is -0.282 e. The van der Waals surface area contributed by atoms with Crippen LogP contribution >= 0.6 is 0 Å². The third kappa shape index (κ3) is 1.33. The van der Waals surface area contributed by atoms with E-state index in [1.54, 1.807) is 0 Å². The van der Waals surface area contributed by atoms with E-state index >= 15 is 0 Å². The lowest BCUT2D eigenvalue weighted by Crippen LogP contribution is -2.34. The van der Waals surface area contributed by atoms with Crippen molar-refractivity contribution in [3.8, 4) is 0 Å². The van der Waals surface area contributed by atoms with Crippen molar-refractivity contribution in [2.45, 2.75) is 0 Å². The number of nitro benzene ring substituents is 1. The zero-order valence-electron chi connectivity index (χ0n) is 8.02. The Morgan fingerprint density at radius 1 is 1.12 bits per heavy atom. The molecule has 1 heterocycles. The van der Waals surface area contributed by atoms with E-state index in [0.717, 1.165) is 12.1 Å². The number of hydrogen-bond donors (Lipinski definition) is 0. The van der Waals surface area contributed by atoms with Gasteiger partial charge in [0.05, 0.1) is 4.92 Å². The Balaban J connectivity index is 2.74. The third-order valence-electron chi connectivity index (χ3n) is 2.22. The van der Waals surface area contributed by atoms with Crippen LogP contribution in [0.25, 0.3) is 0 Å². The minimum absolute atomic E-state index is 0.00463. The van der Waals surface area contributed by atoms with Gasteiger partial charge in [0.15, 0.2) is 5.03 Å². The van der Waals surface area contributed by atoms with Gasteiger partial charge >= 0.3 is 5.91 Å². The first-order chi connectivity index (χ1) is 7.95. The molecule has 0 aliphatic carbocycles. The SMILES string of the molecule is O=C1C(=O)N([N+](=O)[O-])c2cccc([N+](=O)[O-])c21. The Hall–Kier alpha value is -2.84. The highest BCUT2D eigenvalue weighted by Crippen LogP contribution is 2.35. The predicted octanol–water partition coefficient (Wildman–Crippen LogP) is 0.316. The van der Waals surface area contributed by atoms with E-state index in [-0.39, 0.29) is 10.7 Å². The van der Waals surface area contributed by atoms with Gasteiger partial charge in [-0.15, -0.1) is 0 Å². The van der Waals surface area contributed by atoms with Crippen LogP contribution in [-0.4, -0.2) is 21.6 Å². The quantitative estimate of drug-likeness (QED) is 0.414. The predicted molar refractivity (Wildman–Crippen MR) is 51.9 cm³/mol. The summed E-state index contributed by atoms with van der Waals surface area (Å²) in [4.78, 5) is 43.1. The smallest absolute Gasteiger partial charge is 0.282 e. The van der Waals surface area contributed by atoms with Crippen molar-refractivity contribution >= 4 is 23.1 Å². The number of Topliss-reactive ketones (excluding diaryl/α,β-unsaturated/α-hetero) is 1. The summed E-state index contributed by atoms with van der Waals surface area (Å²) >= 11 is 0. The number of amides is 1. The third-order valence-corrected chi connectivity index (χ3v) is 2.22. The van der Waals surface area contributed by atoms with Gasteiger partial charge in [0.25, 0.3) is 11.5 Å². The van der Waals surface area contributed by atoms with Gasteiger partial charge in [0, 0.05) is 6.07 Å². The molecule has 1 aromatic carbocycles. The van der Waals surface area contributed by atoms with E-state index in [0.29, 0.717) is 0 Å². The summed E-state index contributed by atoms with van der Waals surface area (Å²) in [6, 6.07) is 3.28. The van der Waals surface area contributed by atoms with Gasteiger partial charge in [-0.2, -0.15) is 0 Å². The highest BCUT2D eigenvalue weighted by Gasteiger charge is 2.47. The molecule has 0 bridgehead atoms. The number of benzene rings is 1. The standard InChI is InChI=1S/C8H3N3O6/c12-7-6-4(9(8(7)13)11(16)17)2-1-3-5(6)10(14)15/h1-3H. The Bertz CT molecular complexity index is 581. The number of nitrogens with zero attached hydrogens (tertiary/aromatic N) is 3. The van der Waals surface area contributed by atoms with Crippen molar-refractivity contribution in [3.63, 3.8) is 0 Å². The van der Waals surface area contributed by atoms with Crippen LogP contribution in [0.1, 0.15) is 10.4 Å². The fraction of sp³-hybridized carbons (Fsp3) is 0. The Morgan fingerprint density at radius 3 is 2.29 bits per heavy atom. The first-order valence-corrected chi connectivity index (χ1v) is 4.25. The maximum absolute atomic E-state index is 11.4. The molecule has 0 saturated carbocycles. The number of fused-ring (bicyclic) bond motifs is 1. The molecule has 2 rings (SSSR count).